The molecule has 0 spiro atoms. The predicted molar refractivity (Wildman–Crippen MR) is 288 cm³/mol. The van der Waals surface area contributed by atoms with Crippen LogP contribution in [0.1, 0.15) is 75.6 Å². The van der Waals surface area contributed by atoms with Crippen molar-refractivity contribution in [3.05, 3.63) is 198 Å². The Labute approximate surface area is 422 Å². The van der Waals surface area contributed by atoms with Gasteiger partial charge in [-0.15, -0.1) is 53.6 Å². The molecule has 10 aromatic rings. The third kappa shape index (κ3) is 9.94. The van der Waals surface area contributed by atoms with E-state index < -0.39 is 8.07 Å². The average Bonchev–Trinajstić information content (AvgIpc) is 3.89. The Morgan fingerprint density at radius 3 is 1.86 bits per heavy atom. The molecule has 1 radical (unpaired) electrons. The number of hydrogen-bond donors (Lipinski definition) is 0. The summed E-state index contributed by atoms with van der Waals surface area (Å²) in [6.07, 6.45) is 3.14. The number of fused-ring (bicyclic) bond motifs is 4. The Bertz CT molecular complexity index is 3410. The molecule has 69 heavy (non-hydrogen) atoms. The molecular weight excluding hydrogens is 1040 g/mol. The zero-order chi connectivity index (χ0) is 47.7. The third-order valence-electron chi connectivity index (χ3n) is 12.8. The second-order valence-corrected chi connectivity index (χ2v) is 25.0. The summed E-state index contributed by atoms with van der Waals surface area (Å²) in [5.74, 6) is 2.15. The summed E-state index contributed by atoms with van der Waals surface area (Å²) in [4.78, 5) is 9.98. The topological polar surface area (TPSA) is 59.4 Å². The van der Waals surface area contributed by atoms with Gasteiger partial charge in [-0.2, -0.15) is 0 Å². The van der Waals surface area contributed by atoms with E-state index in [2.05, 4.69) is 239 Å². The van der Waals surface area contributed by atoms with Gasteiger partial charge in [0, 0.05) is 49.3 Å². The smallest absolute Gasteiger partial charge is 0.0798 e. The maximum absolute atomic E-state index is 8.89. The summed E-state index contributed by atoms with van der Waals surface area (Å²) in [6.45, 7) is 20.8. The number of hydrogen-bond acceptors (Lipinski definition) is 3. The van der Waals surface area contributed by atoms with E-state index in [1.54, 1.807) is 6.07 Å². The van der Waals surface area contributed by atoms with Gasteiger partial charge >= 0.3 is 0 Å². The first-order valence-electron chi connectivity index (χ1n) is 23.9. The molecule has 0 unspecified atom stereocenters. The van der Waals surface area contributed by atoms with Crippen LogP contribution in [-0.4, -0.2) is 27.2 Å². The van der Waals surface area contributed by atoms with E-state index in [4.69, 9.17) is 10.2 Å². The van der Waals surface area contributed by atoms with Crippen molar-refractivity contribution >= 4 is 46.1 Å². The van der Waals surface area contributed by atoms with Crippen molar-refractivity contribution in [2.75, 3.05) is 0 Å². The van der Waals surface area contributed by atoms with Gasteiger partial charge in [0.15, 0.2) is 0 Å². The van der Waals surface area contributed by atoms with Gasteiger partial charge in [-0.25, -0.2) is 5.26 Å². The fourth-order valence-electron chi connectivity index (χ4n) is 9.53. The van der Waals surface area contributed by atoms with E-state index in [-0.39, 0.29) is 20.1 Å². The summed E-state index contributed by atoms with van der Waals surface area (Å²) in [5, 5.41) is 12.7. The number of nitrogens with zero attached hydrogens (tertiary/aromatic N) is 5. The van der Waals surface area contributed by atoms with Crippen molar-refractivity contribution in [1.82, 2.24) is 19.1 Å². The van der Waals surface area contributed by atoms with Crippen LogP contribution in [-0.2, 0) is 26.5 Å². The number of nitriles is 1. The van der Waals surface area contributed by atoms with Crippen molar-refractivity contribution in [2.45, 2.75) is 79.4 Å². The van der Waals surface area contributed by atoms with E-state index in [1.807, 2.05) is 12.1 Å². The number of benzene rings is 7. The molecule has 5 nitrogen and oxygen atoms in total. The van der Waals surface area contributed by atoms with Crippen LogP contribution in [0.5, 0.6) is 0 Å². The first kappa shape index (κ1) is 48.8. The molecule has 0 saturated heterocycles. The molecule has 347 valence electrons. The van der Waals surface area contributed by atoms with Gasteiger partial charge in [0.05, 0.1) is 24.9 Å². The average molecular weight is 1090 g/mol. The first-order valence-corrected chi connectivity index (χ1v) is 27.4. The second-order valence-electron chi connectivity index (χ2n) is 19.9. The van der Waals surface area contributed by atoms with Gasteiger partial charge in [0.25, 0.3) is 0 Å². The van der Waals surface area contributed by atoms with Crippen LogP contribution in [0.15, 0.2) is 164 Å². The second kappa shape index (κ2) is 20.5. The first-order chi connectivity index (χ1) is 32.8. The largest absolute Gasteiger partial charge is 0.351 e. The van der Waals surface area contributed by atoms with Crippen molar-refractivity contribution in [1.29, 1.82) is 5.26 Å². The van der Waals surface area contributed by atoms with Crippen LogP contribution in [0.4, 0.5) is 0 Å². The minimum atomic E-state index is -1.40. The number of aromatic nitrogens is 4. The number of imidazole rings is 1. The summed E-state index contributed by atoms with van der Waals surface area (Å²) in [6, 6.07) is 64.4. The summed E-state index contributed by atoms with van der Waals surface area (Å²) in [5.41, 5.74) is 16.8. The Hall–Kier alpha value is -6.68. The van der Waals surface area contributed by atoms with Crippen molar-refractivity contribution in [3.8, 4) is 51.2 Å². The molecule has 3 aromatic heterocycles. The number of pyridine rings is 1. The maximum Gasteiger partial charge on any atom is 0.0798 e. The predicted octanol–water partition coefficient (Wildman–Crippen LogP) is 15.7. The molecule has 0 aliphatic rings. The van der Waals surface area contributed by atoms with E-state index >= 15 is 0 Å². The molecule has 0 fully saturated rings. The molecule has 0 saturated carbocycles. The van der Waals surface area contributed by atoms with Crippen molar-refractivity contribution in [2.24, 2.45) is 5.92 Å². The summed E-state index contributed by atoms with van der Waals surface area (Å²) in [7, 11) is -1.40. The van der Waals surface area contributed by atoms with E-state index in [0.29, 0.717) is 23.3 Å². The zero-order valence-electron chi connectivity index (χ0n) is 41.1. The normalized spacial score (nSPS) is 11.6. The molecule has 0 atom stereocenters. The fourth-order valence-corrected chi connectivity index (χ4v) is 11.1. The molecule has 7 heteroatoms. The minimum absolute atomic E-state index is 0. The molecule has 0 N–H and O–H groups in total. The Morgan fingerprint density at radius 1 is 0.609 bits per heavy atom. The molecule has 0 aliphatic heterocycles. The minimum Gasteiger partial charge on any atom is -0.351 e. The van der Waals surface area contributed by atoms with Crippen LogP contribution in [0.2, 0.25) is 19.6 Å². The summed E-state index contributed by atoms with van der Waals surface area (Å²) >= 11 is 0. The molecule has 0 aliphatic carbocycles. The standard InChI is InChI=1S/C43H36N3.C19H23N2Si.Ir/c1-28(2)35-26-32(30-15-7-5-8-16-30)27-36(29(3)4)42(35)46-41-22-14-12-20-38(41)44-43(46)31-23-24-40-37(25-31)34-19-11-13-21-39(34)45(40)33-17-9-6-10-18-33;1-14(2)10-17-11-18(21-13-19(17)22(3,4)5)16-8-6-15(12-20)7-9-16;/h5-22,24-29H,1-4H3;6-8,11,13-14H,10H2,1-5H3;/q2*-1;. The SMILES string of the molecule is CC(C)Cc1cc(-c2[c-]cc(C#N)cc2)ncc1[Si](C)(C)C.CC(C)c1cc(-c2ccccc2)cc(C(C)C)c1-n1c(-c2[c-]cc3c(c2)c2ccccc2n3-c2ccccc2)nc2ccccc21.[Ir]. The van der Waals surface area contributed by atoms with Crippen molar-refractivity contribution < 1.29 is 20.1 Å². The van der Waals surface area contributed by atoms with Crippen LogP contribution in [0.3, 0.4) is 0 Å². The number of para-hydroxylation sites is 4. The van der Waals surface area contributed by atoms with E-state index in [0.717, 1.165) is 51.3 Å². The van der Waals surface area contributed by atoms with Gasteiger partial charge in [0.2, 0.25) is 0 Å². The molecule has 0 amide bonds. The zero-order valence-corrected chi connectivity index (χ0v) is 44.5. The van der Waals surface area contributed by atoms with E-state index in [1.165, 1.54) is 55.0 Å². The molecule has 7 aromatic carbocycles. The molecule has 10 rings (SSSR count). The fraction of sp³-hybridized carbons (Fsp3) is 0.210. The van der Waals surface area contributed by atoms with Crippen LogP contribution >= 0.6 is 0 Å². The van der Waals surface area contributed by atoms with Gasteiger partial charge in [0.1, 0.15) is 0 Å². The van der Waals surface area contributed by atoms with Gasteiger partial charge in [-0.3, -0.25) is 4.98 Å². The molecule has 3 heterocycles. The number of rotatable bonds is 10. The van der Waals surface area contributed by atoms with Gasteiger partial charge in [-0.05, 0) is 116 Å². The third-order valence-corrected chi connectivity index (χ3v) is 14.9. The summed E-state index contributed by atoms with van der Waals surface area (Å²) < 4.78 is 4.74. The van der Waals surface area contributed by atoms with Gasteiger partial charge in [-0.1, -0.05) is 157 Å². The van der Waals surface area contributed by atoms with E-state index in [9.17, 15) is 0 Å². The Morgan fingerprint density at radius 2 is 1.23 bits per heavy atom. The molecular formula is C62H59IrN5Si-2. The maximum atomic E-state index is 8.89. The molecule has 0 bridgehead atoms. The Kier molecular flexibility index (Phi) is 14.5. The quantitative estimate of drug-likeness (QED) is 0.101. The van der Waals surface area contributed by atoms with Crippen molar-refractivity contribution in [3.63, 3.8) is 0 Å². The van der Waals surface area contributed by atoms with Crippen LogP contribution in [0.25, 0.3) is 78.0 Å². The Balaban J connectivity index is 0.000000236. The van der Waals surface area contributed by atoms with Crippen LogP contribution < -0.4 is 5.19 Å². The van der Waals surface area contributed by atoms with Crippen LogP contribution in [0, 0.1) is 29.4 Å². The van der Waals surface area contributed by atoms with Gasteiger partial charge < -0.3 is 14.1 Å². The monoisotopic (exact) mass is 1090 g/mol.